The van der Waals surface area contributed by atoms with Gasteiger partial charge in [0.05, 0.1) is 0 Å². The fourth-order valence-electron chi connectivity index (χ4n) is 3.47. The summed E-state index contributed by atoms with van der Waals surface area (Å²) in [6.07, 6.45) is 12.7. The van der Waals surface area contributed by atoms with Crippen LogP contribution in [-0.2, 0) is 12.8 Å². The van der Waals surface area contributed by atoms with Gasteiger partial charge in [0.25, 0.3) is 0 Å². The highest BCUT2D eigenvalue weighted by atomic mass is 127. The monoisotopic (exact) mass is 423 g/mol. The van der Waals surface area contributed by atoms with Gasteiger partial charge in [0.15, 0.2) is 6.04 Å². The van der Waals surface area contributed by atoms with Crippen molar-refractivity contribution in [1.29, 1.82) is 0 Å². The molecule has 0 amide bonds. The average molecular weight is 423 g/mol. The lowest BCUT2D eigenvalue weighted by Crippen LogP contribution is -3.00. The first-order valence-electron chi connectivity index (χ1n) is 7.99. The van der Waals surface area contributed by atoms with Crippen molar-refractivity contribution in [3.8, 4) is 0 Å². The van der Waals surface area contributed by atoms with Crippen LogP contribution in [0.25, 0.3) is 0 Å². The van der Waals surface area contributed by atoms with Crippen LogP contribution in [0.2, 0.25) is 0 Å². The Morgan fingerprint density at radius 3 is 2.45 bits per heavy atom. The van der Waals surface area contributed by atoms with E-state index >= 15 is 0 Å². The molecule has 0 unspecified atom stereocenters. The Morgan fingerprint density at radius 2 is 1.75 bits per heavy atom. The fraction of sp³-hybridized carbons (Fsp3) is 0.812. The third-order valence-electron chi connectivity index (χ3n) is 4.38. The Morgan fingerprint density at radius 1 is 1.05 bits per heavy atom. The molecule has 1 aromatic rings. The highest BCUT2D eigenvalue weighted by Crippen LogP contribution is 2.37. The Hall–Kier alpha value is 0.710. The van der Waals surface area contributed by atoms with Gasteiger partial charge in [-0.15, -0.1) is 15.7 Å². The molecule has 0 spiro atoms. The molecule has 1 fully saturated rings. The molecule has 0 N–H and O–H groups in total. The summed E-state index contributed by atoms with van der Waals surface area (Å²) in [6.45, 7) is 4.65. The SMILES string of the molecule is CC(C)Sc1s[n+](C2CCCCC2)c2c1CCCC2.[I-]. The highest BCUT2D eigenvalue weighted by molar-refractivity contribution is 8.01. The van der Waals surface area contributed by atoms with Crippen LogP contribution in [0.5, 0.6) is 0 Å². The van der Waals surface area contributed by atoms with Crippen molar-refractivity contribution in [2.45, 2.75) is 87.1 Å². The Balaban J connectivity index is 0.00000147. The molecule has 1 heterocycles. The van der Waals surface area contributed by atoms with E-state index in [4.69, 9.17) is 0 Å². The predicted octanol–water partition coefficient (Wildman–Crippen LogP) is 1.92. The van der Waals surface area contributed by atoms with Crippen molar-refractivity contribution in [1.82, 2.24) is 0 Å². The summed E-state index contributed by atoms with van der Waals surface area (Å²) in [5.74, 6) is 0. The standard InChI is InChI=1S/C16H26NS2.HI/c1-12(2)18-16-14-10-6-7-11-15(14)17(19-16)13-8-4-3-5-9-13;/h12-13H,3-11H2,1-2H3;1H/q+1;/p-1. The van der Waals surface area contributed by atoms with Crippen LogP contribution in [0.15, 0.2) is 4.21 Å². The third kappa shape index (κ3) is 3.72. The fourth-order valence-corrected chi connectivity index (χ4v) is 6.43. The number of hydrogen-bond acceptors (Lipinski definition) is 2. The van der Waals surface area contributed by atoms with Crippen LogP contribution in [-0.4, -0.2) is 5.25 Å². The first-order chi connectivity index (χ1) is 9.25. The van der Waals surface area contributed by atoms with Crippen molar-refractivity contribution < 1.29 is 27.9 Å². The molecule has 2 aliphatic rings. The molecule has 2 aliphatic carbocycles. The Labute approximate surface area is 149 Å². The van der Waals surface area contributed by atoms with Crippen molar-refractivity contribution >= 4 is 23.3 Å². The lowest BCUT2D eigenvalue weighted by Gasteiger charge is -2.17. The summed E-state index contributed by atoms with van der Waals surface area (Å²) >= 11 is 4.19. The van der Waals surface area contributed by atoms with Gasteiger partial charge in [0.1, 0.15) is 15.7 Å². The molecule has 4 heteroatoms. The van der Waals surface area contributed by atoms with Gasteiger partial charge in [-0.25, -0.2) is 0 Å². The van der Waals surface area contributed by atoms with Gasteiger partial charge in [-0.2, -0.15) is 0 Å². The number of fused-ring (bicyclic) bond motifs is 1. The highest BCUT2D eigenvalue weighted by Gasteiger charge is 2.34. The minimum Gasteiger partial charge on any atom is -1.00 e. The number of halogens is 1. The average Bonchev–Trinajstić information content (AvgIpc) is 2.78. The molecule has 1 nitrogen and oxygen atoms in total. The van der Waals surface area contributed by atoms with Crippen LogP contribution in [0.4, 0.5) is 0 Å². The maximum atomic E-state index is 2.73. The van der Waals surface area contributed by atoms with E-state index < -0.39 is 0 Å². The third-order valence-corrected chi connectivity index (χ3v) is 6.95. The summed E-state index contributed by atoms with van der Waals surface area (Å²) in [5.41, 5.74) is 3.44. The van der Waals surface area contributed by atoms with Crippen LogP contribution in [0.1, 0.15) is 76.1 Å². The molecule has 3 rings (SSSR count). The van der Waals surface area contributed by atoms with Crippen molar-refractivity contribution in [3.63, 3.8) is 0 Å². The number of rotatable bonds is 3. The molecule has 0 aromatic carbocycles. The van der Waals surface area contributed by atoms with E-state index in [9.17, 15) is 0 Å². The number of hydrogen-bond donors (Lipinski definition) is 0. The summed E-state index contributed by atoms with van der Waals surface area (Å²) in [4.78, 5) is 0. The van der Waals surface area contributed by atoms with Crippen LogP contribution in [0.3, 0.4) is 0 Å². The summed E-state index contributed by atoms with van der Waals surface area (Å²) in [7, 11) is 0. The van der Waals surface area contributed by atoms with E-state index in [1.165, 1.54) is 57.8 Å². The minimum atomic E-state index is 0. The second-order valence-corrected chi connectivity index (χ2v) is 9.12. The zero-order valence-electron chi connectivity index (χ0n) is 12.7. The van der Waals surface area contributed by atoms with Gasteiger partial charge in [-0.3, -0.25) is 0 Å². The number of thioether (sulfide) groups is 1. The molecule has 0 saturated heterocycles. The van der Waals surface area contributed by atoms with E-state index in [2.05, 4.69) is 41.1 Å². The zero-order chi connectivity index (χ0) is 13.2. The van der Waals surface area contributed by atoms with Crippen molar-refractivity contribution in [2.75, 3.05) is 0 Å². The van der Waals surface area contributed by atoms with Crippen LogP contribution >= 0.6 is 23.3 Å². The summed E-state index contributed by atoms with van der Waals surface area (Å²) in [6, 6.07) is 0.826. The maximum absolute atomic E-state index is 2.73. The van der Waals surface area contributed by atoms with Crippen LogP contribution < -0.4 is 27.9 Å². The van der Waals surface area contributed by atoms with E-state index in [1.54, 1.807) is 15.5 Å². The molecular formula is C16H26INS2. The van der Waals surface area contributed by atoms with Gasteiger partial charge in [0, 0.05) is 30.1 Å². The smallest absolute Gasteiger partial charge is 0.201 e. The predicted molar refractivity (Wildman–Crippen MR) is 84.3 cm³/mol. The molecule has 114 valence electrons. The quantitative estimate of drug-likeness (QED) is 0.408. The maximum Gasteiger partial charge on any atom is 0.201 e. The first kappa shape index (κ1) is 17.1. The van der Waals surface area contributed by atoms with Gasteiger partial charge in [-0.05, 0) is 32.1 Å². The summed E-state index contributed by atoms with van der Waals surface area (Å²) < 4.78 is 4.37. The molecule has 0 radical (unpaired) electrons. The number of nitrogens with zero attached hydrogens (tertiary/aromatic N) is 1. The molecular weight excluding hydrogens is 397 g/mol. The first-order valence-corrected chi connectivity index (χ1v) is 9.64. The van der Waals surface area contributed by atoms with Gasteiger partial charge in [0.2, 0.25) is 5.69 Å². The summed E-state index contributed by atoms with van der Waals surface area (Å²) in [5, 5.41) is 0.712. The normalized spacial score (nSPS) is 19.8. The molecule has 0 atom stereocenters. The molecule has 1 saturated carbocycles. The minimum absolute atomic E-state index is 0. The topological polar surface area (TPSA) is 3.88 Å². The lowest BCUT2D eigenvalue weighted by atomic mass is 9.93. The molecule has 0 bridgehead atoms. The van der Waals surface area contributed by atoms with Crippen LogP contribution in [0, 0.1) is 0 Å². The van der Waals surface area contributed by atoms with Gasteiger partial charge in [-0.1, -0.05) is 20.3 Å². The second kappa shape index (κ2) is 7.82. The lowest BCUT2D eigenvalue weighted by molar-refractivity contribution is -0.669. The Bertz CT molecular complexity index is 436. The number of aromatic nitrogens is 1. The van der Waals surface area contributed by atoms with E-state index in [-0.39, 0.29) is 24.0 Å². The van der Waals surface area contributed by atoms with Crippen molar-refractivity contribution in [2.24, 2.45) is 0 Å². The van der Waals surface area contributed by atoms with Crippen molar-refractivity contribution in [3.05, 3.63) is 11.3 Å². The zero-order valence-corrected chi connectivity index (χ0v) is 16.5. The van der Waals surface area contributed by atoms with Gasteiger partial charge >= 0.3 is 0 Å². The second-order valence-electron chi connectivity index (χ2n) is 6.30. The van der Waals surface area contributed by atoms with E-state index in [0.717, 1.165) is 6.04 Å². The van der Waals surface area contributed by atoms with E-state index in [1.807, 2.05) is 0 Å². The Kier molecular flexibility index (Phi) is 6.67. The molecule has 20 heavy (non-hydrogen) atoms. The molecule has 0 aliphatic heterocycles. The van der Waals surface area contributed by atoms with E-state index in [0.29, 0.717) is 5.25 Å². The largest absolute Gasteiger partial charge is 1.00 e. The van der Waals surface area contributed by atoms with Gasteiger partial charge < -0.3 is 24.0 Å². The molecule has 1 aromatic heterocycles.